The van der Waals surface area contributed by atoms with E-state index in [0.717, 1.165) is 4.90 Å². The van der Waals surface area contributed by atoms with Crippen molar-refractivity contribution >= 4 is 0 Å². The van der Waals surface area contributed by atoms with Crippen molar-refractivity contribution in [2.24, 2.45) is 0 Å². The Morgan fingerprint density at radius 3 is 2.45 bits per heavy atom. The molecule has 0 unspecified atom stereocenters. The van der Waals surface area contributed by atoms with Crippen LogP contribution >= 0.6 is 0 Å². The van der Waals surface area contributed by atoms with Gasteiger partial charge in [-0.1, -0.05) is 0 Å². The summed E-state index contributed by atoms with van der Waals surface area (Å²) in [6, 6.07) is -1.53. The van der Waals surface area contributed by atoms with E-state index in [-0.39, 0.29) is 13.0 Å². The van der Waals surface area contributed by atoms with Crippen LogP contribution < -0.4 is 0 Å². The van der Waals surface area contributed by atoms with Crippen LogP contribution in [-0.4, -0.2) is 23.7 Å². The molecule has 11 heavy (non-hydrogen) atoms. The maximum Gasteiger partial charge on any atom is 0.409 e. The van der Waals surface area contributed by atoms with Gasteiger partial charge < -0.3 is 0 Å². The Kier molecular flexibility index (Phi) is 1.94. The third kappa shape index (κ3) is 1.56. The molecule has 1 rings (SSSR count). The van der Waals surface area contributed by atoms with E-state index in [0.29, 0.717) is 6.42 Å². The molecule has 0 aromatic rings. The molecule has 0 saturated carbocycles. The quantitative estimate of drug-likeness (QED) is 0.507. The molecule has 5 heteroatoms. The molecule has 1 aliphatic heterocycles. The van der Waals surface area contributed by atoms with Crippen molar-refractivity contribution in [2.75, 3.05) is 6.54 Å². The first-order chi connectivity index (χ1) is 5.05. The highest BCUT2D eigenvalue weighted by atomic mass is 19.4. The average molecular weight is 164 g/mol. The Hall–Kier alpha value is -0.920. The predicted octanol–water partition coefficient (Wildman–Crippen LogP) is 1.49. The zero-order valence-electron chi connectivity index (χ0n) is 5.73. The fourth-order valence-corrected chi connectivity index (χ4v) is 1.23. The molecule has 1 heterocycles. The maximum atomic E-state index is 12.0. The fourth-order valence-electron chi connectivity index (χ4n) is 1.23. The van der Waals surface area contributed by atoms with Gasteiger partial charge in [0.05, 0.1) is 0 Å². The van der Waals surface area contributed by atoms with Gasteiger partial charge in [0, 0.05) is 6.54 Å². The highest BCUT2D eigenvalue weighted by molar-refractivity contribution is 4.91. The number of halogens is 3. The normalized spacial score (nSPS) is 25.3. The summed E-state index contributed by atoms with van der Waals surface area (Å²) in [6.07, 6.45) is -2.20. The Morgan fingerprint density at radius 1 is 1.45 bits per heavy atom. The Morgan fingerprint density at radius 2 is 2.09 bits per heavy atom. The van der Waals surface area contributed by atoms with Gasteiger partial charge in [-0.15, -0.1) is 0 Å². The molecular formula is C6H7F3N2. The molecule has 0 spiro atoms. The van der Waals surface area contributed by atoms with E-state index in [2.05, 4.69) is 0 Å². The van der Waals surface area contributed by atoms with Crippen LogP contribution in [0, 0.1) is 11.5 Å². The summed E-state index contributed by atoms with van der Waals surface area (Å²) in [5.41, 5.74) is 0. The van der Waals surface area contributed by atoms with E-state index in [1.165, 1.54) is 6.19 Å². The van der Waals surface area contributed by atoms with E-state index >= 15 is 0 Å². The molecule has 0 N–H and O–H groups in total. The number of nitrogens with zero attached hydrogens (tertiary/aromatic N) is 2. The largest absolute Gasteiger partial charge is 0.409 e. The van der Waals surface area contributed by atoms with E-state index in [9.17, 15) is 13.2 Å². The summed E-state index contributed by atoms with van der Waals surface area (Å²) in [5, 5.41) is 8.28. The van der Waals surface area contributed by atoms with Gasteiger partial charge in [0.2, 0.25) is 0 Å². The molecule has 0 aliphatic carbocycles. The van der Waals surface area contributed by atoms with Crippen molar-refractivity contribution in [3.05, 3.63) is 0 Å². The molecule has 0 amide bonds. The number of alkyl halides is 3. The number of hydrogen-bond acceptors (Lipinski definition) is 2. The third-order valence-electron chi connectivity index (χ3n) is 1.76. The molecule has 1 aliphatic rings. The molecule has 1 fully saturated rings. The lowest BCUT2D eigenvalue weighted by Gasteiger charge is -2.20. The number of likely N-dealkylation sites (tertiary alicyclic amines) is 1. The van der Waals surface area contributed by atoms with Crippen molar-refractivity contribution in [3.8, 4) is 6.19 Å². The van der Waals surface area contributed by atoms with Crippen LogP contribution in [0.15, 0.2) is 0 Å². The van der Waals surface area contributed by atoms with Crippen LogP contribution in [0.5, 0.6) is 0 Å². The highest BCUT2D eigenvalue weighted by Crippen LogP contribution is 2.31. The van der Waals surface area contributed by atoms with Gasteiger partial charge in [-0.3, -0.25) is 4.90 Å². The smallest absolute Gasteiger partial charge is 0.298 e. The molecule has 1 saturated heterocycles. The minimum absolute atomic E-state index is 0.0526. The lowest BCUT2D eigenvalue weighted by Crippen LogP contribution is -2.38. The molecule has 0 bridgehead atoms. The minimum atomic E-state index is -4.24. The second-order valence-corrected chi connectivity index (χ2v) is 2.49. The van der Waals surface area contributed by atoms with Crippen molar-refractivity contribution in [3.63, 3.8) is 0 Å². The van der Waals surface area contributed by atoms with Crippen molar-refractivity contribution < 1.29 is 13.2 Å². The lowest BCUT2D eigenvalue weighted by molar-refractivity contribution is -0.168. The van der Waals surface area contributed by atoms with Crippen molar-refractivity contribution in [1.82, 2.24) is 4.90 Å². The summed E-state index contributed by atoms with van der Waals surface area (Å²) in [4.78, 5) is 0.792. The monoisotopic (exact) mass is 164 g/mol. The molecule has 0 radical (unpaired) electrons. The third-order valence-corrected chi connectivity index (χ3v) is 1.76. The van der Waals surface area contributed by atoms with Crippen molar-refractivity contribution in [1.29, 1.82) is 5.26 Å². The summed E-state index contributed by atoms with van der Waals surface area (Å²) in [6.45, 7) is 0.237. The second-order valence-electron chi connectivity index (χ2n) is 2.49. The summed E-state index contributed by atoms with van der Waals surface area (Å²) in [7, 11) is 0. The van der Waals surface area contributed by atoms with Crippen LogP contribution in [0.3, 0.4) is 0 Å². The van der Waals surface area contributed by atoms with Crippen LogP contribution in [0.4, 0.5) is 13.2 Å². The minimum Gasteiger partial charge on any atom is -0.298 e. The number of hydrogen-bond donors (Lipinski definition) is 0. The van der Waals surface area contributed by atoms with Gasteiger partial charge in [-0.05, 0) is 12.8 Å². The lowest BCUT2D eigenvalue weighted by atomic mass is 10.2. The molecule has 62 valence electrons. The van der Waals surface area contributed by atoms with Gasteiger partial charge in [0.25, 0.3) is 0 Å². The summed E-state index contributed by atoms with van der Waals surface area (Å²) < 4.78 is 36.0. The molecule has 0 aromatic heterocycles. The SMILES string of the molecule is N#CN1CCC[C@@H]1C(F)(F)F. The number of nitriles is 1. The average Bonchev–Trinajstić information content (AvgIpc) is 2.31. The van der Waals surface area contributed by atoms with Crippen LogP contribution in [0.1, 0.15) is 12.8 Å². The topological polar surface area (TPSA) is 27.0 Å². The van der Waals surface area contributed by atoms with Crippen LogP contribution in [0.25, 0.3) is 0 Å². The zero-order valence-corrected chi connectivity index (χ0v) is 5.73. The molecule has 1 atom stereocenters. The molecular weight excluding hydrogens is 157 g/mol. The molecule has 2 nitrogen and oxygen atoms in total. The Labute approximate surface area is 62.2 Å². The second kappa shape index (κ2) is 2.61. The van der Waals surface area contributed by atoms with Gasteiger partial charge in [-0.2, -0.15) is 18.4 Å². The highest BCUT2D eigenvalue weighted by Gasteiger charge is 2.45. The first-order valence-corrected chi connectivity index (χ1v) is 3.29. The van der Waals surface area contributed by atoms with E-state index in [4.69, 9.17) is 5.26 Å². The number of rotatable bonds is 0. The fraction of sp³-hybridized carbons (Fsp3) is 0.833. The van der Waals surface area contributed by atoms with E-state index in [1.807, 2.05) is 0 Å². The van der Waals surface area contributed by atoms with Crippen LogP contribution in [-0.2, 0) is 0 Å². The van der Waals surface area contributed by atoms with Gasteiger partial charge in [-0.25, -0.2) is 0 Å². The van der Waals surface area contributed by atoms with Crippen LogP contribution in [0.2, 0.25) is 0 Å². The first-order valence-electron chi connectivity index (χ1n) is 3.29. The van der Waals surface area contributed by atoms with Crippen molar-refractivity contribution in [2.45, 2.75) is 25.1 Å². The summed E-state index contributed by atoms with van der Waals surface area (Å²) >= 11 is 0. The first kappa shape index (κ1) is 8.18. The summed E-state index contributed by atoms with van der Waals surface area (Å²) in [5.74, 6) is 0. The van der Waals surface area contributed by atoms with E-state index < -0.39 is 12.2 Å². The standard InChI is InChI=1S/C6H7F3N2/c7-6(8,9)5-2-1-3-11(5)4-10/h5H,1-3H2/t5-/m1/s1. The van der Waals surface area contributed by atoms with Gasteiger partial charge >= 0.3 is 6.18 Å². The van der Waals surface area contributed by atoms with Gasteiger partial charge in [0.1, 0.15) is 6.04 Å². The Balaban J connectivity index is 2.66. The van der Waals surface area contributed by atoms with E-state index in [1.54, 1.807) is 0 Å². The van der Waals surface area contributed by atoms with Gasteiger partial charge in [0.15, 0.2) is 6.19 Å². The maximum absolute atomic E-state index is 12.0. The molecule has 0 aromatic carbocycles. The predicted molar refractivity (Wildman–Crippen MR) is 31.4 cm³/mol. The Bertz CT molecular complexity index is 181. The zero-order chi connectivity index (χ0) is 8.48.